The van der Waals surface area contributed by atoms with Gasteiger partial charge >= 0.3 is 0 Å². The molecule has 1 saturated heterocycles. The second-order valence-corrected chi connectivity index (χ2v) is 9.60. The van der Waals surface area contributed by atoms with Crippen LogP contribution in [0.15, 0.2) is 72.0 Å². The Kier molecular flexibility index (Phi) is 6.19. The molecule has 1 amide bonds. The maximum atomic E-state index is 12.6. The number of hydrazone groups is 1. The largest absolute Gasteiger partial charge is 0.299 e. The summed E-state index contributed by atoms with van der Waals surface area (Å²) < 4.78 is 0. The van der Waals surface area contributed by atoms with Gasteiger partial charge in [-0.2, -0.15) is 5.10 Å². The van der Waals surface area contributed by atoms with Crippen molar-refractivity contribution in [1.82, 2.24) is 15.3 Å². The van der Waals surface area contributed by atoms with E-state index in [1.807, 2.05) is 18.2 Å². The van der Waals surface area contributed by atoms with Crippen molar-refractivity contribution in [2.75, 3.05) is 13.1 Å². The van der Waals surface area contributed by atoms with E-state index in [0.717, 1.165) is 55.2 Å². The molecule has 33 heavy (non-hydrogen) atoms. The lowest BCUT2D eigenvalue weighted by Crippen LogP contribution is -2.41. The molecule has 0 radical (unpaired) electrons. The third-order valence-corrected chi connectivity index (χ3v) is 7.19. The van der Waals surface area contributed by atoms with Crippen molar-refractivity contribution in [3.63, 3.8) is 0 Å². The molecular weight excluding hydrogens is 455 g/mol. The van der Waals surface area contributed by atoms with Crippen molar-refractivity contribution < 1.29 is 4.79 Å². The molecule has 168 valence electrons. The highest BCUT2D eigenvalue weighted by molar-refractivity contribution is 6.30. The highest BCUT2D eigenvalue weighted by Crippen LogP contribution is 2.46. The molecule has 1 aromatic heterocycles. The van der Waals surface area contributed by atoms with Crippen molar-refractivity contribution in [3.8, 4) is 0 Å². The Labute approximate surface area is 203 Å². The Morgan fingerprint density at radius 1 is 1.06 bits per heavy atom. The van der Waals surface area contributed by atoms with Crippen molar-refractivity contribution >= 4 is 34.8 Å². The third kappa shape index (κ3) is 4.67. The fourth-order valence-electron chi connectivity index (χ4n) is 4.97. The van der Waals surface area contributed by atoms with E-state index in [-0.39, 0.29) is 16.5 Å². The molecule has 2 aromatic carbocycles. The molecule has 5 rings (SSSR count). The van der Waals surface area contributed by atoms with E-state index in [2.05, 4.69) is 50.7 Å². The first-order valence-electron chi connectivity index (χ1n) is 11.1. The van der Waals surface area contributed by atoms with E-state index in [9.17, 15) is 4.79 Å². The number of benzene rings is 2. The number of nitrogens with one attached hydrogen (secondary N) is 1. The summed E-state index contributed by atoms with van der Waals surface area (Å²) >= 11 is 11.9. The predicted octanol–water partition coefficient (Wildman–Crippen LogP) is 5.46. The smallest absolute Gasteiger partial charge is 0.271 e. The van der Waals surface area contributed by atoms with Crippen LogP contribution in [0.25, 0.3) is 0 Å². The maximum Gasteiger partial charge on any atom is 0.271 e. The molecule has 1 spiro atoms. The van der Waals surface area contributed by atoms with Crippen LogP contribution in [0.2, 0.25) is 10.2 Å². The molecule has 3 aromatic rings. The standard InChI is InChI=1S/C26H24Cl2N4O/c27-20-7-5-18(6-8-20)17-32-13-10-26(11-14-32)16-23(21-3-1-2-4-22(21)26)30-31-25(33)19-9-12-29-24(28)15-19/h1-9,12,15H,10-11,13-14,16-17H2,(H,31,33)/b30-23+. The maximum absolute atomic E-state index is 12.6. The third-order valence-electron chi connectivity index (χ3n) is 6.73. The van der Waals surface area contributed by atoms with E-state index >= 15 is 0 Å². The molecule has 0 atom stereocenters. The lowest BCUT2D eigenvalue weighted by atomic mass is 9.73. The number of piperidine rings is 1. The summed E-state index contributed by atoms with van der Waals surface area (Å²) in [5, 5.41) is 5.59. The highest BCUT2D eigenvalue weighted by atomic mass is 35.5. The minimum atomic E-state index is -0.289. The molecule has 0 unspecified atom stereocenters. The van der Waals surface area contributed by atoms with Crippen LogP contribution in [-0.2, 0) is 12.0 Å². The molecular formula is C26H24Cl2N4O. The van der Waals surface area contributed by atoms with E-state index in [1.165, 1.54) is 23.4 Å². The van der Waals surface area contributed by atoms with E-state index in [0.29, 0.717) is 5.56 Å². The molecule has 0 bridgehead atoms. The molecule has 1 fully saturated rings. The van der Waals surface area contributed by atoms with Gasteiger partial charge in [0.25, 0.3) is 5.91 Å². The Bertz CT molecular complexity index is 1200. The van der Waals surface area contributed by atoms with Crippen LogP contribution in [-0.4, -0.2) is 34.6 Å². The number of nitrogens with zero attached hydrogens (tertiary/aromatic N) is 3. The Hall–Kier alpha value is -2.73. The van der Waals surface area contributed by atoms with E-state index in [1.54, 1.807) is 6.07 Å². The molecule has 7 heteroatoms. The van der Waals surface area contributed by atoms with Gasteiger partial charge in [0.05, 0.1) is 5.71 Å². The highest BCUT2D eigenvalue weighted by Gasteiger charge is 2.44. The van der Waals surface area contributed by atoms with Crippen LogP contribution < -0.4 is 5.43 Å². The number of likely N-dealkylation sites (tertiary alicyclic amines) is 1. The average molecular weight is 479 g/mol. The number of rotatable bonds is 4. The lowest BCUT2D eigenvalue weighted by Gasteiger charge is -2.40. The van der Waals surface area contributed by atoms with Gasteiger partial charge in [-0.3, -0.25) is 9.69 Å². The number of hydrogen-bond donors (Lipinski definition) is 1. The molecule has 2 heterocycles. The van der Waals surface area contributed by atoms with Crippen LogP contribution >= 0.6 is 23.2 Å². The fraction of sp³-hybridized carbons (Fsp3) is 0.269. The number of halogens is 2. The first-order valence-corrected chi connectivity index (χ1v) is 11.8. The Balaban J connectivity index is 1.30. The van der Waals surface area contributed by atoms with Gasteiger partial charge in [0.15, 0.2) is 0 Å². The molecule has 1 aliphatic carbocycles. The normalized spacial score (nSPS) is 18.4. The second-order valence-electron chi connectivity index (χ2n) is 8.77. The zero-order valence-corrected chi connectivity index (χ0v) is 19.6. The number of pyridine rings is 1. The topological polar surface area (TPSA) is 57.6 Å². The minimum Gasteiger partial charge on any atom is -0.299 e. The summed E-state index contributed by atoms with van der Waals surface area (Å²) in [4.78, 5) is 19.0. The summed E-state index contributed by atoms with van der Waals surface area (Å²) in [5.74, 6) is -0.289. The monoisotopic (exact) mass is 478 g/mol. The van der Waals surface area contributed by atoms with Gasteiger partial charge in [-0.05, 0) is 61.3 Å². The zero-order valence-electron chi connectivity index (χ0n) is 18.1. The van der Waals surface area contributed by atoms with Crippen molar-refractivity contribution in [1.29, 1.82) is 0 Å². The summed E-state index contributed by atoms with van der Waals surface area (Å²) in [6.45, 7) is 2.97. The molecule has 2 aliphatic rings. The van der Waals surface area contributed by atoms with Crippen LogP contribution in [0.4, 0.5) is 0 Å². The number of amides is 1. The number of aromatic nitrogens is 1. The average Bonchev–Trinajstić information content (AvgIpc) is 3.14. The predicted molar refractivity (Wildman–Crippen MR) is 132 cm³/mol. The van der Waals surface area contributed by atoms with Crippen LogP contribution in [0.3, 0.4) is 0 Å². The number of carbonyl (C=O) groups is 1. The van der Waals surface area contributed by atoms with Gasteiger partial charge in [0.2, 0.25) is 0 Å². The molecule has 1 N–H and O–H groups in total. The summed E-state index contributed by atoms with van der Waals surface area (Å²) in [6, 6.07) is 19.7. The van der Waals surface area contributed by atoms with Crippen LogP contribution in [0.1, 0.15) is 46.3 Å². The molecule has 1 aliphatic heterocycles. The first-order chi connectivity index (χ1) is 16.0. The van der Waals surface area contributed by atoms with E-state index in [4.69, 9.17) is 23.2 Å². The van der Waals surface area contributed by atoms with Gasteiger partial charge in [0, 0.05) is 40.7 Å². The second kappa shape index (κ2) is 9.26. The molecule has 5 nitrogen and oxygen atoms in total. The van der Waals surface area contributed by atoms with Gasteiger partial charge in [0.1, 0.15) is 5.15 Å². The van der Waals surface area contributed by atoms with Crippen molar-refractivity contribution in [2.24, 2.45) is 5.10 Å². The number of carbonyl (C=O) groups excluding carboxylic acids is 1. The van der Waals surface area contributed by atoms with Crippen LogP contribution in [0.5, 0.6) is 0 Å². The van der Waals surface area contributed by atoms with Crippen molar-refractivity contribution in [2.45, 2.75) is 31.2 Å². The van der Waals surface area contributed by atoms with Gasteiger partial charge in [-0.25, -0.2) is 10.4 Å². The van der Waals surface area contributed by atoms with Gasteiger partial charge in [-0.15, -0.1) is 0 Å². The number of hydrogen-bond acceptors (Lipinski definition) is 4. The first kappa shape index (κ1) is 22.1. The minimum absolute atomic E-state index is 0.0661. The quantitative estimate of drug-likeness (QED) is 0.400. The summed E-state index contributed by atoms with van der Waals surface area (Å²) in [7, 11) is 0. The zero-order chi connectivity index (χ0) is 22.8. The van der Waals surface area contributed by atoms with E-state index < -0.39 is 0 Å². The fourth-order valence-corrected chi connectivity index (χ4v) is 5.27. The van der Waals surface area contributed by atoms with Gasteiger partial charge in [-0.1, -0.05) is 59.6 Å². The summed E-state index contributed by atoms with van der Waals surface area (Å²) in [5.41, 5.74) is 7.92. The SMILES string of the molecule is O=C(N/N=C1\CC2(CCN(Cc3ccc(Cl)cc3)CC2)c2ccccc21)c1ccnc(Cl)c1. The lowest BCUT2D eigenvalue weighted by molar-refractivity contribution is 0.0954. The number of fused-ring (bicyclic) bond motifs is 2. The Morgan fingerprint density at radius 2 is 1.82 bits per heavy atom. The van der Waals surface area contributed by atoms with Crippen LogP contribution in [0, 0.1) is 0 Å². The summed E-state index contributed by atoms with van der Waals surface area (Å²) in [6.07, 6.45) is 4.47. The Morgan fingerprint density at radius 3 is 2.58 bits per heavy atom. The molecule has 0 saturated carbocycles. The van der Waals surface area contributed by atoms with Gasteiger partial charge < -0.3 is 0 Å². The van der Waals surface area contributed by atoms with Crippen molar-refractivity contribution in [3.05, 3.63) is 99.3 Å².